The summed E-state index contributed by atoms with van der Waals surface area (Å²) in [5.41, 5.74) is 10.5. The first-order valence-corrected chi connectivity index (χ1v) is 12.7. The minimum atomic E-state index is -3.41. The number of sulfonamides is 1. The molecule has 10 heteroatoms. The van der Waals surface area contributed by atoms with E-state index in [9.17, 15) is 8.42 Å². The number of benzene rings is 1. The largest absolute Gasteiger partial charge is 0.489 e. The zero-order chi connectivity index (χ0) is 23.6. The number of hydrogen-bond acceptors (Lipinski definition) is 8. The third-order valence-corrected chi connectivity index (χ3v) is 7.09. The SMILES string of the molecule is COCCS(=O)(=O)N[C@H]1CCC2=C1CCC=C2c1noc(-c2ccc(OC(C)C)c(N)c2)n1. The van der Waals surface area contributed by atoms with Crippen molar-refractivity contribution in [3.8, 4) is 17.2 Å². The predicted octanol–water partition coefficient (Wildman–Crippen LogP) is 3.31. The van der Waals surface area contributed by atoms with Gasteiger partial charge in [-0.3, -0.25) is 0 Å². The number of anilines is 1. The Kier molecular flexibility index (Phi) is 6.87. The van der Waals surface area contributed by atoms with Crippen LogP contribution in [0.1, 0.15) is 45.4 Å². The van der Waals surface area contributed by atoms with Crippen LogP contribution in [-0.2, 0) is 14.8 Å². The van der Waals surface area contributed by atoms with E-state index in [1.165, 1.54) is 7.11 Å². The summed E-state index contributed by atoms with van der Waals surface area (Å²) in [4.78, 5) is 4.60. The van der Waals surface area contributed by atoms with Crippen molar-refractivity contribution in [2.45, 2.75) is 51.7 Å². The number of nitrogens with zero attached hydrogens (tertiary/aromatic N) is 2. The standard InChI is InChI=1S/C23H30N4O5S/c1-14(2)31-21-10-7-15(13-19(21)24)23-25-22(26-32-23)18-6-4-5-17-16(18)8-9-20(17)27-33(28,29)12-11-30-3/h6-7,10,13-14,20,27H,4-5,8-9,11-12,24H2,1-3H3/t20-/m0/s1. The first-order chi connectivity index (χ1) is 15.8. The summed E-state index contributed by atoms with van der Waals surface area (Å²) in [5, 5.41) is 4.20. The van der Waals surface area contributed by atoms with Gasteiger partial charge < -0.3 is 19.7 Å². The van der Waals surface area contributed by atoms with E-state index in [4.69, 9.17) is 19.7 Å². The average molecular weight is 475 g/mol. The zero-order valence-corrected chi connectivity index (χ0v) is 19.9. The Bertz CT molecular complexity index is 1180. The minimum Gasteiger partial charge on any atom is -0.489 e. The van der Waals surface area contributed by atoms with Crippen LogP contribution in [0.25, 0.3) is 17.0 Å². The quantitative estimate of drug-likeness (QED) is 0.530. The van der Waals surface area contributed by atoms with Gasteiger partial charge in [0.05, 0.1) is 24.2 Å². The molecule has 178 valence electrons. The van der Waals surface area contributed by atoms with Crippen LogP contribution in [0.5, 0.6) is 5.75 Å². The number of nitrogens with two attached hydrogens (primary N) is 1. The van der Waals surface area contributed by atoms with E-state index in [1.807, 2.05) is 19.9 Å². The summed E-state index contributed by atoms with van der Waals surface area (Å²) < 4.78 is 43.7. The van der Waals surface area contributed by atoms with E-state index in [2.05, 4.69) is 20.9 Å². The summed E-state index contributed by atoms with van der Waals surface area (Å²) in [5.74, 6) is 1.43. The van der Waals surface area contributed by atoms with E-state index in [1.54, 1.807) is 12.1 Å². The Hall–Kier alpha value is -2.69. The summed E-state index contributed by atoms with van der Waals surface area (Å²) in [7, 11) is -1.92. The molecule has 1 aromatic carbocycles. The summed E-state index contributed by atoms with van der Waals surface area (Å²) in [6, 6.07) is 5.19. The maximum Gasteiger partial charge on any atom is 0.258 e. The maximum atomic E-state index is 12.4. The molecular weight excluding hydrogens is 444 g/mol. The van der Waals surface area contributed by atoms with Crippen molar-refractivity contribution in [2.75, 3.05) is 25.2 Å². The van der Waals surface area contributed by atoms with Crippen molar-refractivity contribution in [3.05, 3.63) is 41.2 Å². The molecule has 2 aliphatic rings. The van der Waals surface area contributed by atoms with Crippen LogP contribution in [0.4, 0.5) is 5.69 Å². The highest BCUT2D eigenvalue weighted by atomic mass is 32.2. The molecule has 0 unspecified atom stereocenters. The average Bonchev–Trinajstić information content (AvgIpc) is 3.41. The number of allylic oxidation sites excluding steroid dienone is 3. The molecule has 0 aliphatic heterocycles. The van der Waals surface area contributed by atoms with Crippen LogP contribution in [0.2, 0.25) is 0 Å². The molecule has 1 atom stereocenters. The van der Waals surface area contributed by atoms with Crippen molar-refractivity contribution < 1.29 is 22.4 Å². The van der Waals surface area contributed by atoms with E-state index in [0.29, 0.717) is 35.1 Å². The fourth-order valence-electron chi connectivity index (χ4n) is 4.28. The second kappa shape index (κ2) is 9.66. The van der Waals surface area contributed by atoms with Crippen molar-refractivity contribution in [1.82, 2.24) is 14.9 Å². The molecule has 0 bridgehead atoms. The molecule has 2 aromatic rings. The third-order valence-electron chi connectivity index (χ3n) is 5.74. The van der Waals surface area contributed by atoms with Gasteiger partial charge in [-0.25, -0.2) is 13.1 Å². The fraction of sp³-hybridized carbons (Fsp3) is 0.478. The highest BCUT2D eigenvalue weighted by molar-refractivity contribution is 7.89. The highest BCUT2D eigenvalue weighted by Crippen LogP contribution is 2.42. The van der Waals surface area contributed by atoms with Gasteiger partial charge in [0.2, 0.25) is 15.8 Å². The van der Waals surface area contributed by atoms with Gasteiger partial charge in [-0.05, 0) is 68.9 Å². The third kappa shape index (κ3) is 5.29. The zero-order valence-electron chi connectivity index (χ0n) is 19.1. The lowest BCUT2D eigenvalue weighted by molar-refractivity contribution is 0.217. The first kappa shape index (κ1) is 23.5. The second-order valence-electron chi connectivity index (χ2n) is 8.52. The minimum absolute atomic E-state index is 0.0218. The Morgan fingerprint density at radius 3 is 2.85 bits per heavy atom. The van der Waals surface area contributed by atoms with Gasteiger partial charge in [-0.2, -0.15) is 4.98 Å². The van der Waals surface area contributed by atoms with E-state index < -0.39 is 10.0 Å². The molecule has 0 radical (unpaired) electrons. The van der Waals surface area contributed by atoms with Gasteiger partial charge in [-0.1, -0.05) is 11.2 Å². The molecule has 0 saturated heterocycles. The van der Waals surface area contributed by atoms with E-state index in [0.717, 1.165) is 36.0 Å². The number of nitrogen functional groups attached to an aromatic ring is 1. The van der Waals surface area contributed by atoms with Gasteiger partial charge in [-0.15, -0.1) is 0 Å². The van der Waals surface area contributed by atoms with Crippen molar-refractivity contribution >= 4 is 21.3 Å². The summed E-state index contributed by atoms with van der Waals surface area (Å²) in [6.07, 6.45) is 5.21. The van der Waals surface area contributed by atoms with Crippen molar-refractivity contribution in [1.29, 1.82) is 0 Å². The predicted molar refractivity (Wildman–Crippen MR) is 126 cm³/mol. The molecular formula is C23H30N4O5S. The number of hydrogen-bond donors (Lipinski definition) is 2. The molecule has 4 rings (SSSR count). The van der Waals surface area contributed by atoms with Crippen LogP contribution < -0.4 is 15.2 Å². The summed E-state index contributed by atoms with van der Waals surface area (Å²) >= 11 is 0. The normalized spacial score (nSPS) is 18.5. The van der Waals surface area contributed by atoms with Gasteiger partial charge in [0, 0.05) is 24.3 Å². The van der Waals surface area contributed by atoms with Crippen LogP contribution in [0, 0.1) is 0 Å². The highest BCUT2D eigenvalue weighted by Gasteiger charge is 2.33. The monoisotopic (exact) mass is 474 g/mol. The van der Waals surface area contributed by atoms with Crippen molar-refractivity contribution in [2.24, 2.45) is 0 Å². The lowest BCUT2D eigenvalue weighted by atomic mass is 9.91. The number of ether oxygens (including phenoxy) is 2. The second-order valence-corrected chi connectivity index (χ2v) is 10.4. The summed E-state index contributed by atoms with van der Waals surface area (Å²) in [6.45, 7) is 4.05. The Morgan fingerprint density at radius 2 is 2.12 bits per heavy atom. The van der Waals surface area contributed by atoms with Gasteiger partial charge >= 0.3 is 0 Å². The van der Waals surface area contributed by atoms with Gasteiger partial charge in [0.1, 0.15) is 5.75 Å². The fourth-order valence-corrected chi connectivity index (χ4v) is 5.48. The Morgan fingerprint density at radius 1 is 1.30 bits per heavy atom. The van der Waals surface area contributed by atoms with Crippen molar-refractivity contribution in [3.63, 3.8) is 0 Å². The smallest absolute Gasteiger partial charge is 0.258 e. The molecule has 0 amide bonds. The maximum absolute atomic E-state index is 12.4. The topological polar surface area (TPSA) is 130 Å². The molecule has 0 saturated carbocycles. The van der Waals surface area contributed by atoms with Crippen LogP contribution in [0.3, 0.4) is 0 Å². The number of methoxy groups -OCH3 is 1. The number of nitrogens with one attached hydrogen (secondary N) is 1. The Labute approximate surface area is 194 Å². The van der Waals surface area contributed by atoms with E-state index in [-0.39, 0.29) is 24.5 Å². The molecule has 3 N–H and O–H groups in total. The molecule has 0 spiro atoms. The van der Waals surface area contributed by atoms with Crippen LogP contribution in [-0.4, -0.2) is 50.2 Å². The molecule has 1 heterocycles. The van der Waals surface area contributed by atoms with E-state index >= 15 is 0 Å². The van der Waals surface area contributed by atoms with Gasteiger partial charge in [0.15, 0.2) is 0 Å². The lowest BCUT2D eigenvalue weighted by Crippen LogP contribution is -2.37. The first-order valence-electron chi connectivity index (χ1n) is 11.1. The van der Waals surface area contributed by atoms with Crippen LogP contribution in [0.15, 0.2) is 39.9 Å². The number of aromatic nitrogens is 2. The molecule has 2 aliphatic carbocycles. The Balaban J connectivity index is 1.54. The lowest BCUT2D eigenvalue weighted by Gasteiger charge is -2.20. The van der Waals surface area contributed by atoms with Crippen LogP contribution >= 0.6 is 0 Å². The molecule has 0 fully saturated rings. The molecule has 1 aromatic heterocycles. The number of rotatable bonds is 9. The molecule has 33 heavy (non-hydrogen) atoms. The van der Waals surface area contributed by atoms with Gasteiger partial charge in [0.25, 0.3) is 5.89 Å². The molecule has 9 nitrogen and oxygen atoms in total.